The van der Waals surface area contributed by atoms with Gasteiger partial charge < -0.3 is 10.2 Å². The van der Waals surface area contributed by atoms with Crippen molar-refractivity contribution in [3.63, 3.8) is 0 Å². The quantitative estimate of drug-likeness (QED) is 0.601. The Bertz CT molecular complexity index is 141. The Morgan fingerprint density at radius 3 is 2.57 bits per heavy atom. The lowest BCUT2D eigenvalue weighted by molar-refractivity contribution is 0.269. The molecule has 1 aliphatic carbocycles. The molecule has 0 saturated heterocycles. The number of nitrogens with one attached hydrogen (secondary N) is 1. The Labute approximate surface area is 89.1 Å². The van der Waals surface area contributed by atoms with Crippen LogP contribution in [0.4, 0.5) is 0 Å². The Morgan fingerprint density at radius 1 is 1.29 bits per heavy atom. The zero-order chi connectivity index (χ0) is 10.4. The van der Waals surface area contributed by atoms with E-state index in [-0.39, 0.29) is 0 Å². The predicted molar refractivity (Wildman–Crippen MR) is 62.6 cm³/mol. The predicted octanol–water partition coefficient (Wildman–Crippen LogP) is 2.11. The largest absolute Gasteiger partial charge is 0.317 e. The minimum absolute atomic E-state index is 0.682. The zero-order valence-corrected chi connectivity index (χ0v) is 10.1. The summed E-state index contributed by atoms with van der Waals surface area (Å²) >= 11 is 0. The molecule has 0 aromatic carbocycles. The van der Waals surface area contributed by atoms with Crippen LogP contribution in [0.25, 0.3) is 0 Å². The van der Waals surface area contributed by atoms with Crippen molar-refractivity contribution >= 4 is 0 Å². The first-order chi connectivity index (χ1) is 6.70. The molecular formula is C12H26N2. The fourth-order valence-corrected chi connectivity index (χ4v) is 1.55. The van der Waals surface area contributed by atoms with Crippen LogP contribution in [0.3, 0.4) is 0 Å². The van der Waals surface area contributed by atoms with E-state index in [1.54, 1.807) is 0 Å². The van der Waals surface area contributed by atoms with Crippen molar-refractivity contribution < 1.29 is 0 Å². The molecule has 0 atom stereocenters. The van der Waals surface area contributed by atoms with Crippen LogP contribution in [0.15, 0.2) is 0 Å². The highest BCUT2D eigenvalue weighted by Crippen LogP contribution is 2.31. The number of nitrogens with zero attached hydrogens (tertiary/aromatic N) is 1. The zero-order valence-electron chi connectivity index (χ0n) is 10.1. The summed E-state index contributed by atoms with van der Waals surface area (Å²) in [5.74, 6) is 1.07. The van der Waals surface area contributed by atoms with Gasteiger partial charge in [-0.2, -0.15) is 0 Å². The molecule has 0 bridgehead atoms. The molecule has 1 N–H and O–H groups in total. The molecule has 0 aliphatic heterocycles. The highest BCUT2D eigenvalue weighted by molar-refractivity contribution is 4.73. The molecule has 0 aromatic heterocycles. The molecule has 1 aliphatic rings. The Kier molecular flexibility index (Phi) is 5.49. The van der Waals surface area contributed by atoms with Crippen LogP contribution in [0.5, 0.6) is 0 Å². The average molecular weight is 198 g/mol. The van der Waals surface area contributed by atoms with Gasteiger partial charge in [0.2, 0.25) is 0 Å². The summed E-state index contributed by atoms with van der Waals surface area (Å²) in [5, 5.41) is 3.52. The highest BCUT2D eigenvalue weighted by atomic mass is 15.1. The van der Waals surface area contributed by atoms with Crippen molar-refractivity contribution in [3.8, 4) is 0 Å². The molecule has 1 fully saturated rings. The summed E-state index contributed by atoms with van der Waals surface area (Å²) < 4.78 is 0. The molecule has 14 heavy (non-hydrogen) atoms. The summed E-state index contributed by atoms with van der Waals surface area (Å²) in [6.07, 6.45) is 5.65. The number of hydrogen-bond acceptors (Lipinski definition) is 2. The lowest BCUT2D eigenvalue weighted by Gasteiger charge is -2.20. The van der Waals surface area contributed by atoms with Gasteiger partial charge in [0.05, 0.1) is 0 Å². The molecular weight excluding hydrogens is 172 g/mol. The summed E-state index contributed by atoms with van der Waals surface area (Å²) in [4.78, 5) is 2.41. The molecule has 0 amide bonds. The maximum Gasteiger partial charge on any atom is 0.00355 e. The van der Waals surface area contributed by atoms with Crippen molar-refractivity contribution in [2.45, 2.75) is 45.6 Å². The monoisotopic (exact) mass is 198 g/mol. The van der Waals surface area contributed by atoms with Gasteiger partial charge in [0.25, 0.3) is 0 Å². The lowest BCUT2D eigenvalue weighted by atomic mass is 10.3. The molecule has 2 nitrogen and oxygen atoms in total. The third kappa shape index (κ3) is 5.61. The van der Waals surface area contributed by atoms with Gasteiger partial charge >= 0.3 is 0 Å². The Morgan fingerprint density at radius 2 is 2.00 bits per heavy atom. The topological polar surface area (TPSA) is 15.3 Å². The molecule has 1 rings (SSSR count). The van der Waals surface area contributed by atoms with Crippen molar-refractivity contribution in [2.24, 2.45) is 5.92 Å². The van der Waals surface area contributed by atoms with Crippen LogP contribution in [0.1, 0.15) is 39.5 Å². The van der Waals surface area contributed by atoms with Gasteiger partial charge in [-0.15, -0.1) is 0 Å². The van der Waals surface area contributed by atoms with Crippen LogP contribution in [0.2, 0.25) is 0 Å². The Balaban J connectivity index is 1.78. The first-order valence-electron chi connectivity index (χ1n) is 6.11. The second-order valence-corrected chi connectivity index (χ2v) is 4.91. The smallest absolute Gasteiger partial charge is 0.00355 e. The third-order valence-electron chi connectivity index (χ3n) is 3.17. The highest BCUT2D eigenvalue weighted by Gasteiger charge is 2.19. The van der Waals surface area contributed by atoms with Crippen LogP contribution in [0, 0.1) is 5.92 Å². The standard InChI is InChI=1S/C12H26N2/c1-11(2)14(3)10-4-8-13-9-7-12-5-6-12/h11-13H,4-10H2,1-3H3. The first kappa shape index (κ1) is 12.0. The fraction of sp³-hybridized carbons (Fsp3) is 1.00. The van der Waals surface area contributed by atoms with Crippen molar-refractivity contribution in [2.75, 3.05) is 26.7 Å². The van der Waals surface area contributed by atoms with E-state index in [0.717, 1.165) is 5.92 Å². The second kappa shape index (κ2) is 6.41. The minimum Gasteiger partial charge on any atom is -0.317 e. The van der Waals surface area contributed by atoms with Gasteiger partial charge in [-0.25, -0.2) is 0 Å². The van der Waals surface area contributed by atoms with Crippen molar-refractivity contribution in [1.82, 2.24) is 10.2 Å². The van der Waals surface area contributed by atoms with E-state index in [9.17, 15) is 0 Å². The van der Waals surface area contributed by atoms with Gasteiger partial charge in [-0.3, -0.25) is 0 Å². The molecule has 2 heteroatoms. The minimum atomic E-state index is 0.682. The van der Waals surface area contributed by atoms with Gasteiger partial charge in [-0.1, -0.05) is 12.8 Å². The third-order valence-corrected chi connectivity index (χ3v) is 3.17. The summed E-state index contributed by atoms with van der Waals surface area (Å²) in [7, 11) is 2.20. The van der Waals surface area contributed by atoms with E-state index in [1.807, 2.05) is 0 Å². The van der Waals surface area contributed by atoms with Crippen molar-refractivity contribution in [1.29, 1.82) is 0 Å². The first-order valence-corrected chi connectivity index (χ1v) is 6.11. The van der Waals surface area contributed by atoms with Crippen LogP contribution in [-0.4, -0.2) is 37.6 Å². The molecule has 0 aromatic rings. The normalized spacial score (nSPS) is 16.9. The van der Waals surface area contributed by atoms with E-state index in [0.29, 0.717) is 6.04 Å². The van der Waals surface area contributed by atoms with Crippen LogP contribution >= 0.6 is 0 Å². The van der Waals surface area contributed by atoms with Crippen LogP contribution in [-0.2, 0) is 0 Å². The molecule has 0 spiro atoms. The molecule has 0 heterocycles. The fourth-order valence-electron chi connectivity index (χ4n) is 1.55. The van der Waals surface area contributed by atoms with Gasteiger partial charge in [0, 0.05) is 6.04 Å². The maximum absolute atomic E-state index is 3.52. The number of rotatable bonds is 8. The molecule has 1 saturated carbocycles. The van der Waals surface area contributed by atoms with E-state index in [1.165, 1.54) is 45.3 Å². The van der Waals surface area contributed by atoms with Crippen LogP contribution < -0.4 is 5.32 Å². The number of hydrogen-bond donors (Lipinski definition) is 1. The van der Waals surface area contributed by atoms with Gasteiger partial charge in [-0.05, 0) is 59.3 Å². The summed E-state index contributed by atoms with van der Waals surface area (Å²) in [5.41, 5.74) is 0. The van der Waals surface area contributed by atoms with E-state index < -0.39 is 0 Å². The summed E-state index contributed by atoms with van der Waals surface area (Å²) in [6, 6.07) is 0.682. The van der Waals surface area contributed by atoms with Gasteiger partial charge in [0.1, 0.15) is 0 Å². The average Bonchev–Trinajstić information content (AvgIpc) is 2.94. The van der Waals surface area contributed by atoms with Gasteiger partial charge in [0.15, 0.2) is 0 Å². The van der Waals surface area contributed by atoms with Crippen molar-refractivity contribution in [3.05, 3.63) is 0 Å². The maximum atomic E-state index is 3.52. The lowest BCUT2D eigenvalue weighted by Crippen LogP contribution is -2.29. The van der Waals surface area contributed by atoms with E-state index in [2.05, 4.69) is 31.1 Å². The SMILES string of the molecule is CC(C)N(C)CCCNCCC1CC1. The Hall–Kier alpha value is -0.0800. The van der Waals surface area contributed by atoms with E-state index >= 15 is 0 Å². The summed E-state index contributed by atoms with van der Waals surface area (Å²) in [6.45, 7) is 8.13. The molecule has 0 radical (unpaired) electrons. The molecule has 0 unspecified atom stereocenters. The molecule has 84 valence electrons. The van der Waals surface area contributed by atoms with E-state index in [4.69, 9.17) is 0 Å². The second-order valence-electron chi connectivity index (χ2n) is 4.91.